The van der Waals surface area contributed by atoms with Gasteiger partial charge in [0, 0.05) is 25.7 Å². The Morgan fingerprint density at radius 3 is 2.80 bits per heavy atom. The molecule has 0 atom stereocenters. The lowest BCUT2D eigenvalue weighted by Crippen LogP contribution is -2.17. The van der Waals surface area contributed by atoms with Gasteiger partial charge in [-0.1, -0.05) is 0 Å². The first-order chi connectivity index (χ1) is 4.70. The van der Waals surface area contributed by atoms with Crippen LogP contribution < -0.4 is 0 Å². The fraction of sp³-hybridized carbons (Fsp3) is 0.714. The second kappa shape index (κ2) is 2.82. The smallest absolute Gasteiger partial charge is 0.116 e. The summed E-state index contributed by atoms with van der Waals surface area (Å²) in [5, 5.41) is 6.10. The van der Waals surface area contributed by atoms with Crippen molar-refractivity contribution in [1.29, 1.82) is 0 Å². The zero-order valence-corrected chi connectivity index (χ0v) is 6.76. The van der Waals surface area contributed by atoms with Gasteiger partial charge in [-0.3, -0.25) is 10.0 Å². The standard InChI is InChI=1S/C7H13N3/c1-6-4-5-8-7(2)10(3)9-6/h4-5H2,1-3H3. The summed E-state index contributed by atoms with van der Waals surface area (Å²) in [7, 11) is 1.92. The molecule has 0 saturated carbocycles. The first-order valence-corrected chi connectivity index (χ1v) is 3.49. The molecule has 0 unspecified atom stereocenters. The molecule has 56 valence electrons. The molecule has 0 fully saturated rings. The van der Waals surface area contributed by atoms with Crippen LogP contribution in [0.3, 0.4) is 0 Å². The van der Waals surface area contributed by atoms with Gasteiger partial charge >= 0.3 is 0 Å². The Bertz CT molecular complexity index is 181. The highest BCUT2D eigenvalue weighted by molar-refractivity contribution is 5.87. The third-order valence-corrected chi connectivity index (χ3v) is 1.60. The van der Waals surface area contributed by atoms with Crippen LogP contribution in [0.25, 0.3) is 0 Å². The molecule has 3 heteroatoms. The molecule has 1 rings (SSSR count). The second-order valence-electron chi connectivity index (χ2n) is 2.54. The zero-order valence-electron chi connectivity index (χ0n) is 6.76. The van der Waals surface area contributed by atoms with Crippen molar-refractivity contribution < 1.29 is 0 Å². The van der Waals surface area contributed by atoms with Crippen molar-refractivity contribution in [2.45, 2.75) is 20.3 Å². The lowest BCUT2D eigenvalue weighted by Gasteiger charge is -2.09. The number of hydrogen-bond acceptors (Lipinski definition) is 3. The minimum atomic E-state index is 0.880. The number of hydrazone groups is 1. The van der Waals surface area contributed by atoms with Crippen LogP contribution in [-0.2, 0) is 0 Å². The molecule has 10 heavy (non-hydrogen) atoms. The maximum Gasteiger partial charge on any atom is 0.116 e. The minimum absolute atomic E-state index is 0.880. The molecule has 0 aliphatic carbocycles. The van der Waals surface area contributed by atoms with E-state index in [0.29, 0.717) is 0 Å². The number of amidine groups is 1. The van der Waals surface area contributed by atoms with E-state index in [1.54, 1.807) is 0 Å². The lowest BCUT2D eigenvalue weighted by molar-refractivity contribution is 0.541. The van der Waals surface area contributed by atoms with E-state index in [9.17, 15) is 0 Å². The predicted molar refractivity (Wildman–Crippen MR) is 43.5 cm³/mol. The van der Waals surface area contributed by atoms with Crippen molar-refractivity contribution in [3.05, 3.63) is 0 Å². The number of hydrogen-bond donors (Lipinski definition) is 0. The van der Waals surface area contributed by atoms with Gasteiger partial charge in [0.2, 0.25) is 0 Å². The number of aliphatic imine (C=N–C) groups is 1. The van der Waals surface area contributed by atoms with Gasteiger partial charge in [-0.15, -0.1) is 0 Å². The van der Waals surface area contributed by atoms with E-state index in [-0.39, 0.29) is 0 Å². The molecule has 0 radical (unpaired) electrons. The Morgan fingerprint density at radius 2 is 2.10 bits per heavy atom. The maximum atomic E-state index is 4.28. The monoisotopic (exact) mass is 139 g/mol. The summed E-state index contributed by atoms with van der Waals surface area (Å²) in [5.74, 6) is 0.997. The Balaban J connectivity index is 2.74. The van der Waals surface area contributed by atoms with Gasteiger partial charge in [-0.2, -0.15) is 5.10 Å². The quantitative estimate of drug-likeness (QED) is 0.494. The Labute approximate surface area is 61.4 Å². The van der Waals surface area contributed by atoms with Crippen LogP contribution >= 0.6 is 0 Å². The molecule has 1 heterocycles. The Kier molecular flexibility index (Phi) is 2.04. The first-order valence-electron chi connectivity index (χ1n) is 3.49. The van der Waals surface area contributed by atoms with E-state index >= 15 is 0 Å². The largest absolute Gasteiger partial charge is 0.271 e. The van der Waals surface area contributed by atoms with Gasteiger partial charge in [0.05, 0.1) is 0 Å². The SMILES string of the molecule is CC1=NN(C)C(C)=NCC1. The molecule has 0 N–H and O–H groups in total. The fourth-order valence-corrected chi connectivity index (χ4v) is 0.860. The topological polar surface area (TPSA) is 28.0 Å². The van der Waals surface area contributed by atoms with Crippen LogP contribution in [-0.4, -0.2) is 30.1 Å². The predicted octanol–water partition coefficient (Wildman–Crippen LogP) is 1.12. The highest BCUT2D eigenvalue weighted by Crippen LogP contribution is 1.99. The number of nitrogens with zero attached hydrogens (tertiary/aromatic N) is 3. The van der Waals surface area contributed by atoms with Crippen molar-refractivity contribution in [1.82, 2.24) is 5.01 Å². The summed E-state index contributed by atoms with van der Waals surface area (Å²) in [6, 6.07) is 0. The van der Waals surface area contributed by atoms with Gasteiger partial charge in [-0.25, -0.2) is 0 Å². The normalized spacial score (nSPS) is 19.7. The molecule has 0 saturated heterocycles. The molecular weight excluding hydrogens is 126 g/mol. The van der Waals surface area contributed by atoms with Gasteiger partial charge < -0.3 is 0 Å². The maximum absolute atomic E-state index is 4.28. The van der Waals surface area contributed by atoms with E-state index < -0.39 is 0 Å². The minimum Gasteiger partial charge on any atom is -0.271 e. The summed E-state index contributed by atoms with van der Waals surface area (Å²) >= 11 is 0. The van der Waals surface area contributed by atoms with Crippen molar-refractivity contribution in [2.24, 2.45) is 10.1 Å². The van der Waals surface area contributed by atoms with Gasteiger partial charge in [-0.05, 0) is 13.8 Å². The van der Waals surface area contributed by atoms with Crippen molar-refractivity contribution in [3.8, 4) is 0 Å². The van der Waals surface area contributed by atoms with E-state index in [2.05, 4.69) is 10.1 Å². The van der Waals surface area contributed by atoms with Crippen molar-refractivity contribution in [2.75, 3.05) is 13.6 Å². The lowest BCUT2D eigenvalue weighted by atomic mass is 10.3. The molecule has 0 aromatic rings. The van der Waals surface area contributed by atoms with Crippen molar-refractivity contribution >= 4 is 11.5 Å². The average molecular weight is 139 g/mol. The highest BCUT2D eigenvalue weighted by Gasteiger charge is 2.03. The van der Waals surface area contributed by atoms with Crippen LogP contribution in [0.2, 0.25) is 0 Å². The molecule has 0 spiro atoms. The average Bonchev–Trinajstić information content (AvgIpc) is 1.96. The summed E-state index contributed by atoms with van der Waals surface area (Å²) in [4.78, 5) is 4.28. The van der Waals surface area contributed by atoms with E-state index in [1.165, 1.54) is 0 Å². The van der Waals surface area contributed by atoms with Crippen LogP contribution in [0.4, 0.5) is 0 Å². The van der Waals surface area contributed by atoms with Gasteiger partial charge in [0.1, 0.15) is 5.84 Å². The molecule has 1 aliphatic rings. The molecule has 0 amide bonds. The third kappa shape index (κ3) is 1.56. The molecule has 0 aromatic heterocycles. The summed E-state index contributed by atoms with van der Waals surface area (Å²) in [5.41, 5.74) is 1.16. The van der Waals surface area contributed by atoms with E-state index in [0.717, 1.165) is 24.5 Å². The molecule has 0 aromatic carbocycles. The van der Waals surface area contributed by atoms with Crippen molar-refractivity contribution in [3.63, 3.8) is 0 Å². The number of rotatable bonds is 0. The van der Waals surface area contributed by atoms with Gasteiger partial charge in [0.15, 0.2) is 0 Å². The summed E-state index contributed by atoms with van der Waals surface area (Å²) < 4.78 is 0. The van der Waals surface area contributed by atoms with E-state index in [1.807, 2.05) is 25.9 Å². The highest BCUT2D eigenvalue weighted by atomic mass is 15.5. The third-order valence-electron chi connectivity index (χ3n) is 1.60. The fourth-order valence-electron chi connectivity index (χ4n) is 0.860. The zero-order chi connectivity index (χ0) is 7.56. The summed E-state index contributed by atoms with van der Waals surface area (Å²) in [6.45, 7) is 4.89. The van der Waals surface area contributed by atoms with Gasteiger partial charge in [0.25, 0.3) is 0 Å². The molecule has 0 bridgehead atoms. The second-order valence-corrected chi connectivity index (χ2v) is 2.54. The Hall–Kier alpha value is -0.860. The van der Waals surface area contributed by atoms with Crippen LogP contribution in [0.15, 0.2) is 10.1 Å². The summed E-state index contributed by atoms with van der Waals surface area (Å²) in [6.07, 6.45) is 0.988. The molecule has 1 aliphatic heterocycles. The Morgan fingerprint density at radius 1 is 1.40 bits per heavy atom. The van der Waals surface area contributed by atoms with Crippen LogP contribution in [0, 0.1) is 0 Å². The molecular formula is C7H13N3. The van der Waals surface area contributed by atoms with E-state index in [4.69, 9.17) is 0 Å². The van der Waals surface area contributed by atoms with Crippen LogP contribution in [0.5, 0.6) is 0 Å². The van der Waals surface area contributed by atoms with Crippen LogP contribution in [0.1, 0.15) is 20.3 Å². The molecule has 3 nitrogen and oxygen atoms in total. The first kappa shape index (κ1) is 7.25.